The Kier molecular flexibility index (Phi) is 4.48. The zero-order valence-corrected chi connectivity index (χ0v) is 10.3. The van der Waals surface area contributed by atoms with Gasteiger partial charge in [0.15, 0.2) is 0 Å². The summed E-state index contributed by atoms with van der Waals surface area (Å²) in [6, 6.07) is 4.83. The van der Waals surface area contributed by atoms with Crippen molar-refractivity contribution in [2.45, 2.75) is 6.42 Å². The fourth-order valence-electron chi connectivity index (χ4n) is 1.50. The first-order chi connectivity index (χ1) is 8.45. The van der Waals surface area contributed by atoms with E-state index in [1.54, 1.807) is 12.1 Å². The Labute approximate surface area is 105 Å². The van der Waals surface area contributed by atoms with Gasteiger partial charge in [-0.15, -0.1) is 0 Å². The van der Waals surface area contributed by atoms with Crippen LogP contribution in [0.3, 0.4) is 0 Å². The molecule has 0 heterocycles. The van der Waals surface area contributed by atoms with Gasteiger partial charge in [-0.3, -0.25) is 4.79 Å². The van der Waals surface area contributed by atoms with E-state index >= 15 is 0 Å². The van der Waals surface area contributed by atoms with Crippen molar-refractivity contribution >= 4 is 17.6 Å². The third kappa shape index (κ3) is 3.35. The molecule has 0 aromatic heterocycles. The lowest BCUT2D eigenvalue weighted by atomic mass is 10.0. The Morgan fingerprint density at radius 1 is 1.44 bits per heavy atom. The molecule has 0 fully saturated rings. The number of carbonyl (C=O) groups excluding carboxylic acids is 1. The Morgan fingerprint density at radius 3 is 2.61 bits per heavy atom. The van der Waals surface area contributed by atoms with Gasteiger partial charge < -0.3 is 14.7 Å². The summed E-state index contributed by atoms with van der Waals surface area (Å²) >= 11 is 0. The molecule has 18 heavy (non-hydrogen) atoms. The van der Waals surface area contributed by atoms with Crippen molar-refractivity contribution in [3.63, 3.8) is 0 Å². The molecule has 0 saturated carbocycles. The molecular formula is C13H15NO4. The number of carboxylic acid groups (broad SMARTS) is 1. The lowest BCUT2D eigenvalue weighted by Gasteiger charge is -2.15. The topological polar surface area (TPSA) is 66.8 Å². The minimum absolute atomic E-state index is 0.0987. The number of rotatable bonds is 5. The maximum absolute atomic E-state index is 11.4. The van der Waals surface area contributed by atoms with Gasteiger partial charge in [-0.1, -0.05) is 6.58 Å². The number of carboxylic acids is 1. The second kappa shape index (κ2) is 5.86. The fourth-order valence-corrected chi connectivity index (χ4v) is 1.50. The smallest absolute Gasteiger partial charge is 0.335 e. The van der Waals surface area contributed by atoms with E-state index in [2.05, 4.69) is 11.3 Å². The maximum atomic E-state index is 11.4. The summed E-state index contributed by atoms with van der Waals surface area (Å²) in [5.74, 6) is -1.61. The lowest BCUT2D eigenvalue weighted by molar-refractivity contribution is -0.137. The van der Waals surface area contributed by atoms with Crippen molar-refractivity contribution in [2.24, 2.45) is 0 Å². The first-order valence-corrected chi connectivity index (χ1v) is 5.29. The fraction of sp³-hybridized carbons (Fsp3) is 0.231. The van der Waals surface area contributed by atoms with Gasteiger partial charge in [0.05, 0.1) is 18.2 Å². The van der Waals surface area contributed by atoms with Crippen LogP contribution in [0, 0.1) is 0 Å². The molecular weight excluding hydrogens is 234 g/mol. The number of hydrogen-bond acceptors (Lipinski definition) is 4. The molecule has 0 amide bonds. The first-order valence-electron chi connectivity index (χ1n) is 5.29. The van der Waals surface area contributed by atoms with Gasteiger partial charge in [-0.05, 0) is 23.8 Å². The highest BCUT2D eigenvalue weighted by Crippen LogP contribution is 2.19. The van der Waals surface area contributed by atoms with E-state index in [0.29, 0.717) is 5.56 Å². The molecule has 0 bridgehead atoms. The SMILES string of the molecule is C=COC(=O)Cc1cc(N(C)C)ccc1C(=O)O. The van der Waals surface area contributed by atoms with E-state index in [1.807, 2.05) is 19.0 Å². The normalized spacial score (nSPS) is 9.67. The van der Waals surface area contributed by atoms with Crippen LogP contribution in [0.1, 0.15) is 15.9 Å². The molecule has 0 saturated heterocycles. The number of ether oxygens (including phenoxy) is 1. The number of anilines is 1. The van der Waals surface area contributed by atoms with E-state index in [0.717, 1.165) is 11.9 Å². The van der Waals surface area contributed by atoms with E-state index in [1.165, 1.54) is 6.07 Å². The molecule has 0 aliphatic heterocycles. The third-order valence-electron chi connectivity index (χ3n) is 2.39. The molecule has 0 radical (unpaired) electrons. The van der Waals surface area contributed by atoms with Crippen LogP contribution in [0.5, 0.6) is 0 Å². The third-order valence-corrected chi connectivity index (χ3v) is 2.39. The summed E-state index contributed by atoms with van der Waals surface area (Å²) in [5, 5.41) is 9.05. The molecule has 0 spiro atoms. The molecule has 0 aliphatic rings. The highest BCUT2D eigenvalue weighted by Gasteiger charge is 2.14. The van der Waals surface area contributed by atoms with Crippen LogP contribution in [0.4, 0.5) is 5.69 Å². The molecule has 5 heteroatoms. The average Bonchev–Trinajstić information content (AvgIpc) is 2.28. The zero-order valence-electron chi connectivity index (χ0n) is 10.3. The van der Waals surface area contributed by atoms with Gasteiger partial charge in [0, 0.05) is 19.8 Å². The molecule has 1 N–H and O–H groups in total. The van der Waals surface area contributed by atoms with Gasteiger partial charge in [0.2, 0.25) is 0 Å². The lowest BCUT2D eigenvalue weighted by Crippen LogP contribution is -2.13. The van der Waals surface area contributed by atoms with Crippen LogP contribution in [0.2, 0.25) is 0 Å². The minimum atomic E-state index is -1.07. The van der Waals surface area contributed by atoms with Crippen molar-refractivity contribution < 1.29 is 19.4 Å². The summed E-state index contributed by atoms with van der Waals surface area (Å²) in [4.78, 5) is 24.3. The van der Waals surface area contributed by atoms with Crippen LogP contribution in [0.25, 0.3) is 0 Å². The van der Waals surface area contributed by atoms with Crippen LogP contribution < -0.4 is 4.90 Å². The Bertz CT molecular complexity index is 480. The molecule has 1 aromatic rings. The molecule has 0 atom stereocenters. The van der Waals surface area contributed by atoms with Crippen LogP contribution in [0.15, 0.2) is 31.0 Å². The van der Waals surface area contributed by atoms with Crippen LogP contribution >= 0.6 is 0 Å². The summed E-state index contributed by atoms with van der Waals surface area (Å²) < 4.78 is 4.60. The van der Waals surface area contributed by atoms with Gasteiger partial charge in [0.1, 0.15) is 0 Å². The molecule has 5 nitrogen and oxygen atoms in total. The number of esters is 1. The van der Waals surface area contributed by atoms with E-state index in [4.69, 9.17) is 5.11 Å². The number of carbonyl (C=O) groups is 2. The van der Waals surface area contributed by atoms with Crippen molar-refractivity contribution in [3.05, 3.63) is 42.2 Å². The van der Waals surface area contributed by atoms with E-state index in [9.17, 15) is 9.59 Å². The highest BCUT2D eigenvalue weighted by molar-refractivity contribution is 5.91. The molecule has 0 unspecified atom stereocenters. The molecule has 96 valence electrons. The Balaban J connectivity index is 3.11. The largest absolute Gasteiger partial charge is 0.478 e. The summed E-state index contributed by atoms with van der Waals surface area (Å²) in [5.41, 5.74) is 1.34. The molecule has 0 aliphatic carbocycles. The Morgan fingerprint density at radius 2 is 2.11 bits per heavy atom. The maximum Gasteiger partial charge on any atom is 0.335 e. The van der Waals surface area contributed by atoms with Crippen molar-refractivity contribution in [1.82, 2.24) is 0 Å². The minimum Gasteiger partial charge on any atom is -0.478 e. The number of nitrogens with zero attached hydrogens (tertiary/aromatic N) is 1. The van der Waals surface area contributed by atoms with Gasteiger partial charge in [0.25, 0.3) is 0 Å². The molecule has 1 rings (SSSR count). The van der Waals surface area contributed by atoms with Crippen molar-refractivity contribution in [2.75, 3.05) is 19.0 Å². The summed E-state index contributed by atoms with van der Waals surface area (Å²) in [6.07, 6.45) is 0.925. The van der Waals surface area contributed by atoms with E-state index in [-0.39, 0.29) is 12.0 Å². The quantitative estimate of drug-likeness (QED) is 0.635. The molecule has 1 aromatic carbocycles. The Hall–Kier alpha value is -2.30. The van der Waals surface area contributed by atoms with Crippen LogP contribution in [-0.4, -0.2) is 31.1 Å². The highest BCUT2D eigenvalue weighted by atomic mass is 16.5. The standard InChI is InChI=1S/C13H15NO4/c1-4-18-12(15)8-9-7-10(14(2)3)5-6-11(9)13(16)17/h4-7H,1,8H2,2-3H3,(H,16,17). The second-order valence-corrected chi connectivity index (χ2v) is 3.87. The van der Waals surface area contributed by atoms with Gasteiger partial charge in [-0.2, -0.15) is 0 Å². The van der Waals surface area contributed by atoms with Crippen LogP contribution in [-0.2, 0) is 16.0 Å². The predicted octanol–water partition coefficient (Wildman–Crippen LogP) is 1.68. The number of hydrogen-bond donors (Lipinski definition) is 1. The predicted molar refractivity (Wildman–Crippen MR) is 67.7 cm³/mol. The summed E-state index contributed by atoms with van der Waals surface area (Å²) in [6.45, 7) is 3.28. The van der Waals surface area contributed by atoms with E-state index < -0.39 is 11.9 Å². The monoisotopic (exact) mass is 249 g/mol. The van der Waals surface area contributed by atoms with Gasteiger partial charge in [-0.25, -0.2) is 4.79 Å². The number of aromatic carboxylic acids is 1. The van der Waals surface area contributed by atoms with Crippen molar-refractivity contribution in [3.8, 4) is 0 Å². The second-order valence-electron chi connectivity index (χ2n) is 3.87. The van der Waals surface area contributed by atoms with Crippen molar-refractivity contribution in [1.29, 1.82) is 0 Å². The number of benzene rings is 1. The first kappa shape index (κ1) is 13.8. The zero-order chi connectivity index (χ0) is 13.7. The average molecular weight is 249 g/mol. The summed E-state index contributed by atoms with van der Waals surface area (Å²) in [7, 11) is 3.67. The van der Waals surface area contributed by atoms with Gasteiger partial charge >= 0.3 is 11.9 Å².